The number of benzene rings is 2. The minimum absolute atomic E-state index is 0.612. The first-order valence-electron chi connectivity index (χ1n) is 9.06. The van der Waals surface area contributed by atoms with Crippen molar-refractivity contribution in [1.29, 1.82) is 0 Å². The van der Waals surface area contributed by atoms with E-state index in [1.807, 2.05) is 49.4 Å². The van der Waals surface area contributed by atoms with Gasteiger partial charge in [0.25, 0.3) is 0 Å². The van der Waals surface area contributed by atoms with E-state index in [0.717, 1.165) is 34.0 Å². The first-order valence-corrected chi connectivity index (χ1v) is 12.5. The molecule has 0 amide bonds. The van der Waals surface area contributed by atoms with E-state index in [9.17, 15) is 0 Å². The molecule has 3 rings (SSSR count). The minimum Gasteiger partial charge on any atom is -0.543 e. The topological polar surface area (TPSA) is 47.4 Å². The second-order valence-corrected chi connectivity index (χ2v) is 12.0. The molecule has 0 bridgehead atoms. The molecule has 1 heterocycles. The fraction of sp³-hybridized carbons (Fsp3) is 0.227. The fourth-order valence-electron chi connectivity index (χ4n) is 2.65. The summed E-state index contributed by atoms with van der Waals surface area (Å²) in [5.41, 5.74) is 4.57. The van der Waals surface area contributed by atoms with Gasteiger partial charge in [-0.15, -0.1) is 0 Å². The molecule has 5 heteroatoms. The molecule has 0 radical (unpaired) electrons. The molecule has 0 aliphatic carbocycles. The standard InChI is InChI=1S/C22H25N3OSi/c1-16-11-12-19(20(15-16)26-27(3,4)5)25-21(18-9-7-6-8-10-18)22-23-14-13-17(2)24-22/h6-15H,1-5H3. The SMILES string of the molecule is Cc1ccc(N=C(c2ccccc2)c2nccc(C)n2)c(O[Si](C)(C)C)c1. The Kier molecular flexibility index (Phi) is 5.51. The summed E-state index contributed by atoms with van der Waals surface area (Å²) >= 11 is 0. The van der Waals surface area contributed by atoms with Crippen molar-refractivity contribution in [1.82, 2.24) is 9.97 Å². The van der Waals surface area contributed by atoms with Crippen molar-refractivity contribution in [3.05, 3.63) is 83.4 Å². The van der Waals surface area contributed by atoms with Crippen LogP contribution < -0.4 is 4.43 Å². The molecular weight excluding hydrogens is 350 g/mol. The first kappa shape index (κ1) is 19.0. The predicted octanol–water partition coefficient (Wildman–Crippen LogP) is 5.48. The number of hydrogen-bond acceptors (Lipinski definition) is 4. The highest BCUT2D eigenvalue weighted by molar-refractivity contribution is 6.70. The van der Waals surface area contributed by atoms with Crippen LogP contribution >= 0.6 is 0 Å². The molecule has 0 saturated heterocycles. The molecule has 2 aromatic carbocycles. The Balaban J connectivity index is 2.17. The zero-order valence-corrected chi connectivity index (χ0v) is 17.5. The molecule has 0 aliphatic heterocycles. The molecule has 3 aromatic rings. The van der Waals surface area contributed by atoms with Gasteiger partial charge in [-0.3, -0.25) is 0 Å². The Morgan fingerprint density at radius 2 is 1.70 bits per heavy atom. The first-order chi connectivity index (χ1) is 12.8. The molecule has 4 nitrogen and oxygen atoms in total. The van der Waals surface area contributed by atoms with Gasteiger partial charge in [0.15, 0.2) is 5.82 Å². The summed E-state index contributed by atoms with van der Waals surface area (Å²) in [5.74, 6) is 1.43. The number of aromatic nitrogens is 2. The lowest BCUT2D eigenvalue weighted by Crippen LogP contribution is -2.29. The van der Waals surface area contributed by atoms with Gasteiger partial charge in [-0.1, -0.05) is 36.4 Å². The third-order valence-electron chi connectivity index (χ3n) is 3.82. The summed E-state index contributed by atoms with van der Waals surface area (Å²) in [5, 5.41) is 0. The molecule has 138 valence electrons. The van der Waals surface area contributed by atoms with Crippen LogP contribution in [0.3, 0.4) is 0 Å². The molecule has 0 atom stereocenters. The van der Waals surface area contributed by atoms with E-state index in [4.69, 9.17) is 9.42 Å². The van der Waals surface area contributed by atoms with Crippen LogP contribution in [-0.2, 0) is 0 Å². The van der Waals surface area contributed by atoms with E-state index in [1.165, 1.54) is 0 Å². The van der Waals surface area contributed by atoms with Crippen LogP contribution in [0.1, 0.15) is 22.6 Å². The third-order valence-corrected chi connectivity index (χ3v) is 4.65. The maximum atomic E-state index is 6.30. The number of aliphatic imine (C=N–C) groups is 1. The van der Waals surface area contributed by atoms with Gasteiger partial charge >= 0.3 is 0 Å². The number of nitrogens with zero attached hydrogens (tertiary/aromatic N) is 3. The third kappa shape index (κ3) is 5.11. The summed E-state index contributed by atoms with van der Waals surface area (Å²) in [6, 6.07) is 18.0. The van der Waals surface area contributed by atoms with Gasteiger partial charge in [-0.25, -0.2) is 15.0 Å². The van der Waals surface area contributed by atoms with E-state index in [0.29, 0.717) is 5.82 Å². The van der Waals surface area contributed by atoms with Crippen molar-refractivity contribution in [2.24, 2.45) is 4.99 Å². The lowest BCUT2D eigenvalue weighted by atomic mass is 10.1. The maximum absolute atomic E-state index is 6.30. The highest BCUT2D eigenvalue weighted by Crippen LogP contribution is 2.32. The molecule has 0 saturated carbocycles. The van der Waals surface area contributed by atoms with Crippen LogP contribution in [0, 0.1) is 13.8 Å². The normalized spacial score (nSPS) is 12.1. The summed E-state index contributed by atoms with van der Waals surface area (Å²) in [4.78, 5) is 14.0. The van der Waals surface area contributed by atoms with Gasteiger partial charge in [0, 0.05) is 17.5 Å². The van der Waals surface area contributed by atoms with E-state index < -0.39 is 8.32 Å². The Hall–Kier alpha value is -2.79. The highest BCUT2D eigenvalue weighted by Gasteiger charge is 2.19. The second kappa shape index (κ2) is 7.84. The monoisotopic (exact) mass is 375 g/mol. The molecule has 0 fully saturated rings. The van der Waals surface area contributed by atoms with Crippen LogP contribution in [0.15, 0.2) is 65.8 Å². The molecule has 0 spiro atoms. The van der Waals surface area contributed by atoms with Gasteiger partial charge < -0.3 is 4.43 Å². The van der Waals surface area contributed by atoms with Crippen LogP contribution in [0.2, 0.25) is 19.6 Å². The Morgan fingerprint density at radius 3 is 2.37 bits per heavy atom. The molecule has 0 unspecified atom stereocenters. The van der Waals surface area contributed by atoms with Crippen molar-refractivity contribution in [3.8, 4) is 5.75 Å². The van der Waals surface area contributed by atoms with E-state index in [-0.39, 0.29) is 0 Å². The van der Waals surface area contributed by atoms with E-state index in [1.54, 1.807) is 6.20 Å². The number of hydrogen-bond donors (Lipinski definition) is 0. The quantitative estimate of drug-likeness (QED) is 0.438. The largest absolute Gasteiger partial charge is 0.543 e. The van der Waals surface area contributed by atoms with Crippen molar-refractivity contribution in [2.75, 3.05) is 0 Å². The van der Waals surface area contributed by atoms with Crippen LogP contribution in [0.5, 0.6) is 5.75 Å². The maximum Gasteiger partial charge on any atom is 0.242 e. The van der Waals surface area contributed by atoms with Crippen LogP contribution in [-0.4, -0.2) is 24.0 Å². The Labute approximate surface area is 162 Å². The van der Waals surface area contributed by atoms with Gasteiger partial charge in [0.1, 0.15) is 17.1 Å². The number of rotatable bonds is 5. The van der Waals surface area contributed by atoms with E-state index in [2.05, 4.69) is 48.7 Å². The zero-order chi connectivity index (χ0) is 19.4. The zero-order valence-electron chi connectivity index (χ0n) is 16.5. The van der Waals surface area contributed by atoms with Crippen molar-refractivity contribution >= 4 is 19.7 Å². The lowest BCUT2D eigenvalue weighted by Gasteiger charge is -2.21. The molecule has 1 aromatic heterocycles. The molecule has 0 N–H and O–H groups in total. The lowest BCUT2D eigenvalue weighted by molar-refractivity contribution is 0.558. The minimum atomic E-state index is -1.77. The highest BCUT2D eigenvalue weighted by atomic mass is 28.4. The summed E-state index contributed by atoms with van der Waals surface area (Å²) in [6.45, 7) is 10.5. The Bertz CT molecular complexity index is 963. The smallest absolute Gasteiger partial charge is 0.242 e. The van der Waals surface area contributed by atoms with Crippen molar-refractivity contribution < 1.29 is 4.43 Å². The fourth-order valence-corrected chi connectivity index (χ4v) is 3.47. The van der Waals surface area contributed by atoms with Gasteiger partial charge in [-0.2, -0.15) is 0 Å². The second-order valence-electron chi connectivity index (χ2n) is 7.53. The summed E-state index contributed by atoms with van der Waals surface area (Å²) in [6.07, 6.45) is 1.77. The van der Waals surface area contributed by atoms with Gasteiger partial charge in [0.2, 0.25) is 8.32 Å². The molecule has 0 aliphatic rings. The van der Waals surface area contributed by atoms with Gasteiger partial charge in [-0.05, 0) is 57.3 Å². The average molecular weight is 376 g/mol. The Morgan fingerprint density at radius 1 is 0.963 bits per heavy atom. The van der Waals surface area contributed by atoms with Crippen LogP contribution in [0.25, 0.3) is 0 Å². The molecular formula is C22H25N3OSi. The average Bonchev–Trinajstić information content (AvgIpc) is 2.60. The predicted molar refractivity (Wildman–Crippen MR) is 114 cm³/mol. The summed E-state index contributed by atoms with van der Waals surface area (Å²) < 4.78 is 6.30. The molecule has 27 heavy (non-hydrogen) atoms. The summed E-state index contributed by atoms with van der Waals surface area (Å²) in [7, 11) is -1.77. The van der Waals surface area contributed by atoms with E-state index >= 15 is 0 Å². The van der Waals surface area contributed by atoms with Crippen LogP contribution in [0.4, 0.5) is 5.69 Å². The van der Waals surface area contributed by atoms with Crippen molar-refractivity contribution in [2.45, 2.75) is 33.5 Å². The van der Waals surface area contributed by atoms with Crippen molar-refractivity contribution in [3.63, 3.8) is 0 Å². The van der Waals surface area contributed by atoms with Gasteiger partial charge in [0.05, 0.1) is 0 Å². The number of aryl methyl sites for hydroxylation is 2.